The van der Waals surface area contributed by atoms with E-state index < -0.39 is 5.97 Å². The molecule has 15 heavy (non-hydrogen) atoms. The summed E-state index contributed by atoms with van der Waals surface area (Å²) >= 11 is 0. The molecular formula is C11H16N2O2. The molecule has 0 saturated heterocycles. The van der Waals surface area contributed by atoms with Crippen LogP contribution < -0.4 is 5.43 Å². The zero-order valence-electron chi connectivity index (χ0n) is 9.03. The summed E-state index contributed by atoms with van der Waals surface area (Å²) < 4.78 is 0. The molecule has 0 radical (unpaired) electrons. The third-order valence-electron chi connectivity index (χ3n) is 4.96. The van der Waals surface area contributed by atoms with Crippen LogP contribution in [0.25, 0.3) is 0 Å². The quantitative estimate of drug-likeness (QED) is 0.678. The fraction of sp³-hybridized carbons (Fsp3) is 0.818. The minimum Gasteiger partial charge on any atom is -0.477 e. The molecule has 0 aromatic rings. The van der Waals surface area contributed by atoms with Crippen molar-refractivity contribution in [2.45, 2.75) is 32.7 Å². The largest absolute Gasteiger partial charge is 0.477 e. The van der Waals surface area contributed by atoms with Crippen LogP contribution >= 0.6 is 0 Å². The highest BCUT2D eigenvalue weighted by Gasteiger charge is 2.64. The molecule has 0 aromatic heterocycles. The van der Waals surface area contributed by atoms with Crippen molar-refractivity contribution >= 4 is 11.7 Å². The molecule has 0 spiro atoms. The Balaban J connectivity index is 1.83. The number of hydrogen-bond donors (Lipinski definition) is 2. The van der Waals surface area contributed by atoms with Crippen molar-refractivity contribution in [2.24, 2.45) is 28.3 Å². The number of rotatable bonds is 1. The second-order valence-electron chi connectivity index (χ2n) is 5.49. The number of hydrazone groups is 1. The Morgan fingerprint density at radius 1 is 1.67 bits per heavy atom. The Hall–Kier alpha value is -1.06. The molecule has 2 N–H and O–H groups in total. The van der Waals surface area contributed by atoms with Gasteiger partial charge in [0.2, 0.25) is 0 Å². The third kappa shape index (κ3) is 1.02. The van der Waals surface area contributed by atoms with E-state index in [4.69, 9.17) is 5.11 Å². The van der Waals surface area contributed by atoms with E-state index in [1.54, 1.807) is 0 Å². The van der Waals surface area contributed by atoms with Crippen LogP contribution in [0, 0.1) is 23.2 Å². The molecule has 3 rings (SSSR count). The van der Waals surface area contributed by atoms with Crippen molar-refractivity contribution in [3.05, 3.63) is 0 Å². The van der Waals surface area contributed by atoms with Gasteiger partial charge in [-0.25, -0.2) is 4.79 Å². The molecule has 0 bridgehead atoms. The predicted octanol–water partition coefficient (Wildman–Crippen LogP) is 1.08. The van der Waals surface area contributed by atoms with Gasteiger partial charge in [0.05, 0.1) is 6.04 Å². The minimum absolute atomic E-state index is 0.144. The lowest BCUT2D eigenvalue weighted by molar-refractivity contribution is -0.129. The van der Waals surface area contributed by atoms with E-state index in [-0.39, 0.29) is 12.0 Å². The molecule has 4 nitrogen and oxygen atoms in total. The first kappa shape index (κ1) is 9.19. The highest BCUT2D eigenvalue weighted by molar-refractivity contribution is 6.37. The van der Waals surface area contributed by atoms with Gasteiger partial charge < -0.3 is 10.5 Å². The first-order valence-electron chi connectivity index (χ1n) is 5.60. The van der Waals surface area contributed by atoms with Crippen molar-refractivity contribution in [3.63, 3.8) is 0 Å². The number of nitrogens with zero attached hydrogens (tertiary/aromatic N) is 1. The van der Waals surface area contributed by atoms with Crippen LogP contribution in [0.4, 0.5) is 0 Å². The second-order valence-corrected chi connectivity index (χ2v) is 5.49. The highest BCUT2D eigenvalue weighted by atomic mass is 16.4. The van der Waals surface area contributed by atoms with Gasteiger partial charge in [-0.3, -0.25) is 0 Å². The maximum absolute atomic E-state index is 11.0. The first-order chi connectivity index (χ1) is 7.04. The molecule has 3 aliphatic rings. The summed E-state index contributed by atoms with van der Waals surface area (Å²) in [5.41, 5.74) is 3.79. The van der Waals surface area contributed by atoms with E-state index in [0.29, 0.717) is 17.0 Å². The van der Waals surface area contributed by atoms with Gasteiger partial charge in [-0.05, 0) is 30.1 Å². The normalized spacial score (nSPS) is 51.2. The van der Waals surface area contributed by atoms with Gasteiger partial charge in [0, 0.05) is 5.92 Å². The maximum Gasteiger partial charge on any atom is 0.352 e. The van der Waals surface area contributed by atoms with Gasteiger partial charge in [-0.15, -0.1) is 0 Å². The second kappa shape index (κ2) is 2.54. The summed E-state index contributed by atoms with van der Waals surface area (Å²) in [5, 5.41) is 13.0. The monoisotopic (exact) mass is 208 g/mol. The van der Waals surface area contributed by atoms with Crippen LogP contribution in [-0.4, -0.2) is 22.8 Å². The van der Waals surface area contributed by atoms with Crippen LogP contribution in [0.1, 0.15) is 26.7 Å². The summed E-state index contributed by atoms with van der Waals surface area (Å²) in [4.78, 5) is 11.0. The molecule has 5 atom stereocenters. The molecule has 2 saturated carbocycles. The van der Waals surface area contributed by atoms with E-state index >= 15 is 0 Å². The Morgan fingerprint density at radius 3 is 3.07 bits per heavy atom. The Morgan fingerprint density at radius 2 is 2.40 bits per heavy atom. The van der Waals surface area contributed by atoms with Crippen LogP contribution in [-0.2, 0) is 4.79 Å². The number of nitrogens with one attached hydrogen (secondary N) is 1. The molecule has 0 amide bonds. The lowest BCUT2D eigenvalue weighted by Gasteiger charge is -2.28. The average Bonchev–Trinajstić information content (AvgIpc) is 2.59. The van der Waals surface area contributed by atoms with E-state index in [1.165, 1.54) is 0 Å². The van der Waals surface area contributed by atoms with Crippen molar-refractivity contribution in [1.29, 1.82) is 0 Å². The highest BCUT2D eigenvalue weighted by Crippen LogP contribution is 2.67. The molecule has 2 unspecified atom stereocenters. The topological polar surface area (TPSA) is 61.7 Å². The SMILES string of the molecule is C[C@H]1[C@H]2CC3C(C(=O)O)=NNC3C[C@]21C. The molecule has 0 aromatic carbocycles. The first-order valence-corrected chi connectivity index (χ1v) is 5.60. The standard InChI is InChI=1S/C11H16N2O2/c1-5-7-3-6-8(4-11(5,7)2)12-13-9(6)10(14)15/h5-8,12H,3-4H2,1-2H3,(H,14,15)/t5-,6?,7+,8?,11-/m0/s1. The number of carbonyl (C=O) groups is 1. The van der Waals surface area contributed by atoms with Gasteiger partial charge >= 0.3 is 5.97 Å². The third-order valence-corrected chi connectivity index (χ3v) is 4.96. The number of fused-ring (bicyclic) bond motifs is 2. The smallest absolute Gasteiger partial charge is 0.352 e. The van der Waals surface area contributed by atoms with Gasteiger partial charge in [-0.1, -0.05) is 13.8 Å². The maximum atomic E-state index is 11.0. The van der Waals surface area contributed by atoms with Crippen molar-refractivity contribution in [3.8, 4) is 0 Å². The van der Waals surface area contributed by atoms with E-state index in [2.05, 4.69) is 24.4 Å². The van der Waals surface area contributed by atoms with Gasteiger partial charge in [-0.2, -0.15) is 5.10 Å². The lowest BCUT2D eigenvalue weighted by atomic mass is 9.77. The van der Waals surface area contributed by atoms with E-state index in [9.17, 15) is 4.79 Å². The number of carboxylic acids is 1. The Bertz CT molecular complexity index is 366. The molecule has 2 aliphatic carbocycles. The average molecular weight is 208 g/mol. The fourth-order valence-electron chi connectivity index (χ4n) is 3.65. The van der Waals surface area contributed by atoms with Gasteiger partial charge in [0.1, 0.15) is 5.71 Å². The van der Waals surface area contributed by atoms with Crippen molar-refractivity contribution in [1.82, 2.24) is 5.43 Å². The predicted molar refractivity (Wildman–Crippen MR) is 55.5 cm³/mol. The summed E-state index contributed by atoms with van der Waals surface area (Å²) in [6.45, 7) is 4.60. The van der Waals surface area contributed by atoms with Gasteiger partial charge in [0.25, 0.3) is 0 Å². The molecule has 2 fully saturated rings. The zero-order chi connectivity index (χ0) is 10.8. The molecular weight excluding hydrogens is 192 g/mol. The van der Waals surface area contributed by atoms with Crippen LogP contribution in [0.15, 0.2) is 5.10 Å². The zero-order valence-corrected chi connectivity index (χ0v) is 9.03. The number of carboxylic acid groups (broad SMARTS) is 1. The molecule has 1 heterocycles. The molecule has 4 heteroatoms. The lowest BCUT2D eigenvalue weighted by Crippen LogP contribution is -2.38. The number of aliphatic carboxylic acids is 1. The van der Waals surface area contributed by atoms with Crippen molar-refractivity contribution < 1.29 is 9.90 Å². The Labute approximate surface area is 88.7 Å². The number of hydrogen-bond acceptors (Lipinski definition) is 3. The summed E-state index contributed by atoms with van der Waals surface area (Å²) in [7, 11) is 0. The van der Waals surface area contributed by atoms with E-state index in [0.717, 1.165) is 18.8 Å². The van der Waals surface area contributed by atoms with Crippen molar-refractivity contribution in [2.75, 3.05) is 0 Å². The van der Waals surface area contributed by atoms with Crippen LogP contribution in [0.2, 0.25) is 0 Å². The van der Waals surface area contributed by atoms with Gasteiger partial charge in [0.15, 0.2) is 0 Å². The Kier molecular flexibility index (Phi) is 1.56. The summed E-state index contributed by atoms with van der Waals surface area (Å²) in [6, 6.07) is 0.266. The van der Waals surface area contributed by atoms with Crippen LogP contribution in [0.3, 0.4) is 0 Å². The fourth-order valence-corrected chi connectivity index (χ4v) is 3.65. The molecule has 1 aliphatic heterocycles. The minimum atomic E-state index is -0.855. The van der Waals surface area contributed by atoms with Crippen LogP contribution in [0.5, 0.6) is 0 Å². The summed E-state index contributed by atoms with van der Waals surface area (Å²) in [5.74, 6) is 0.751. The summed E-state index contributed by atoms with van der Waals surface area (Å²) in [6.07, 6.45) is 2.07. The molecule has 82 valence electrons. The van der Waals surface area contributed by atoms with E-state index in [1.807, 2.05) is 0 Å².